The van der Waals surface area contributed by atoms with Crippen LogP contribution >= 0.6 is 0 Å². The molecule has 1 aromatic carbocycles. The number of carbonyl (C=O) groups is 1. The number of hydrogen-bond donors (Lipinski definition) is 2. The van der Waals surface area contributed by atoms with Crippen LogP contribution < -0.4 is 10.6 Å². The Kier molecular flexibility index (Phi) is 4.93. The number of nitrogens with one attached hydrogen (secondary N) is 2. The Bertz CT molecular complexity index is 407. The van der Waals surface area contributed by atoms with Crippen molar-refractivity contribution in [1.29, 1.82) is 0 Å². The van der Waals surface area contributed by atoms with Gasteiger partial charge in [-0.2, -0.15) is 0 Å². The van der Waals surface area contributed by atoms with Crippen LogP contribution in [-0.2, 0) is 11.3 Å². The molecule has 104 valence electrons. The third-order valence-corrected chi connectivity index (χ3v) is 3.63. The van der Waals surface area contributed by atoms with E-state index >= 15 is 0 Å². The highest BCUT2D eigenvalue weighted by Crippen LogP contribution is 2.20. The quantitative estimate of drug-likeness (QED) is 0.830. The van der Waals surface area contributed by atoms with Gasteiger partial charge in [-0.05, 0) is 26.0 Å². The first-order valence-electron chi connectivity index (χ1n) is 6.91. The molecule has 1 fully saturated rings. The van der Waals surface area contributed by atoms with Gasteiger partial charge in [-0.1, -0.05) is 30.3 Å². The van der Waals surface area contributed by atoms with Crippen molar-refractivity contribution in [1.82, 2.24) is 15.5 Å². The maximum atomic E-state index is 11.6. The Morgan fingerprint density at radius 3 is 2.79 bits per heavy atom. The molecule has 19 heavy (non-hydrogen) atoms. The molecule has 1 aliphatic rings. The highest BCUT2D eigenvalue weighted by atomic mass is 16.2. The number of likely N-dealkylation sites (N-methyl/N-ethyl adjacent to an activating group) is 1. The highest BCUT2D eigenvalue weighted by molar-refractivity contribution is 5.78. The summed E-state index contributed by atoms with van der Waals surface area (Å²) in [7, 11) is 1.79. The summed E-state index contributed by atoms with van der Waals surface area (Å²) in [5.74, 6) is 0.0845. The second kappa shape index (κ2) is 6.68. The van der Waals surface area contributed by atoms with E-state index in [1.165, 1.54) is 5.56 Å². The van der Waals surface area contributed by atoms with Gasteiger partial charge in [0.25, 0.3) is 0 Å². The number of benzene rings is 1. The molecule has 0 bridgehead atoms. The summed E-state index contributed by atoms with van der Waals surface area (Å²) in [6.07, 6.45) is 1.03. The molecule has 1 aromatic rings. The molecule has 1 heterocycles. The van der Waals surface area contributed by atoms with Crippen LogP contribution in [0.3, 0.4) is 0 Å². The van der Waals surface area contributed by atoms with Gasteiger partial charge in [0.05, 0.1) is 6.54 Å². The van der Waals surface area contributed by atoms with Crippen molar-refractivity contribution in [3.8, 4) is 0 Å². The summed E-state index contributed by atoms with van der Waals surface area (Å²) in [5, 5.41) is 5.96. The van der Waals surface area contributed by atoms with Gasteiger partial charge in [0.1, 0.15) is 0 Å². The Hall–Kier alpha value is -1.39. The Balaban J connectivity index is 1.85. The number of rotatable bonds is 5. The number of likely N-dealkylation sites (tertiary alicyclic amines) is 1. The molecule has 1 saturated heterocycles. The zero-order chi connectivity index (χ0) is 13.7. The maximum absolute atomic E-state index is 11.6. The number of hydrogen-bond acceptors (Lipinski definition) is 3. The molecule has 0 radical (unpaired) electrons. The topological polar surface area (TPSA) is 44.4 Å². The van der Waals surface area contributed by atoms with E-state index in [1.54, 1.807) is 7.05 Å². The summed E-state index contributed by atoms with van der Waals surface area (Å²) in [6, 6.07) is 11.3. The van der Waals surface area contributed by atoms with Crippen LogP contribution in [-0.4, -0.2) is 43.0 Å². The minimum atomic E-state index is 0.0845. The third-order valence-electron chi connectivity index (χ3n) is 3.63. The van der Waals surface area contributed by atoms with Crippen molar-refractivity contribution < 1.29 is 4.79 Å². The number of carbonyl (C=O) groups excluding carboxylic acids is 1. The minimum absolute atomic E-state index is 0.0845. The van der Waals surface area contributed by atoms with E-state index in [2.05, 4.69) is 46.7 Å². The molecule has 1 amide bonds. The Labute approximate surface area is 115 Å². The smallest absolute Gasteiger partial charge is 0.234 e. The normalized spacial score (nSPS) is 23.5. The fourth-order valence-corrected chi connectivity index (χ4v) is 2.68. The summed E-state index contributed by atoms with van der Waals surface area (Å²) in [4.78, 5) is 14.0. The third kappa shape index (κ3) is 4.04. The monoisotopic (exact) mass is 261 g/mol. The molecule has 0 spiro atoms. The first kappa shape index (κ1) is 14.0. The summed E-state index contributed by atoms with van der Waals surface area (Å²) >= 11 is 0. The fourth-order valence-electron chi connectivity index (χ4n) is 2.68. The standard InChI is InChI=1S/C15H23N3O/c1-12-8-14(17-15(19)9-16-2)11-18(12)10-13-6-4-3-5-7-13/h3-7,12,14,16H,8-11H2,1-2H3,(H,17,19). The molecule has 2 N–H and O–H groups in total. The first-order valence-corrected chi connectivity index (χ1v) is 6.91. The van der Waals surface area contributed by atoms with Crippen LogP contribution in [0.15, 0.2) is 30.3 Å². The minimum Gasteiger partial charge on any atom is -0.351 e. The van der Waals surface area contributed by atoms with Gasteiger partial charge in [0.15, 0.2) is 0 Å². The molecule has 2 unspecified atom stereocenters. The Morgan fingerprint density at radius 2 is 2.11 bits per heavy atom. The molecular weight excluding hydrogens is 238 g/mol. The fraction of sp³-hybridized carbons (Fsp3) is 0.533. The lowest BCUT2D eigenvalue weighted by atomic mass is 10.2. The van der Waals surface area contributed by atoms with Gasteiger partial charge in [-0.25, -0.2) is 0 Å². The summed E-state index contributed by atoms with van der Waals surface area (Å²) in [6.45, 7) is 4.52. The molecule has 4 nitrogen and oxygen atoms in total. The number of amides is 1. The average molecular weight is 261 g/mol. The highest BCUT2D eigenvalue weighted by Gasteiger charge is 2.29. The lowest BCUT2D eigenvalue weighted by Crippen LogP contribution is -2.41. The molecule has 0 aromatic heterocycles. The van der Waals surface area contributed by atoms with E-state index in [0.29, 0.717) is 12.6 Å². The van der Waals surface area contributed by atoms with Crippen molar-refractivity contribution >= 4 is 5.91 Å². The van der Waals surface area contributed by atoms with Crippen LogP contribution in [0.2, 0.25) is 0 Å². The van der Waals surface area contributed by atoms with E-state index in [9.17, 15) is 4.79 Å². The second-order valence-corrected chi connectivity index (χ2v) is 5.29. The van der Waals surface area contributed by atoms with Gasteiger partial charge < -0.3 is 10.6 Å². The van der Waals surface area contributed by atoms with Gasteiger partial charge >= 0.3 is 0 Å². The van der Waals surface area contributed by atoms with Gasteiger partial charge in [-0.3, -0.25) is 9.69 Å². The molecular formula is C15H23N3O. The molecule has 2 atom stereocenters. The van der Waals surface area contributed by atoms with Crippen LogP contribution in [0, 0.1) is 0 Å². The molecule has 2 rings (SSSR count). The lowest BCUT2D eigenvalue weighted by molar-refractivity contribution is -0.120. The SMILES string of the molecule is CNCC(=O)NC1CC(C)N(Cc2ccccc2)C1. The van der Waals surface area contributed by atoms with E-state index in [0.717, 1.165) is 19.5 Å². The van der Waals surface area contributed by atoms with Gasteiger partial charge in [0, 0.05) is 25.2 Å². The van der Waals surface area contributed by atoms with Gasteiger partial charge in [0.2, 0.25) is 5.91 Å². The van der Waals surface area contributed by atoms with Crippen LogP contribution in [0.4, 0.5) is 0 Å². The maximum Gasteiger partial charge on any atom is 0.234 e. The predicted octanol–water partition coefficient (Wildman–Crippen LogP) is 0.985. The summed E-state index contributed by atoms with van der Waals surface area (Å²) < 4.78 is 0. The molecule has 1 aliphatic heterocycles. The first-order chi connectivity index (χ1) is 9.19. The van der Waals surface area contributed by atoms with Crippen molar-refractivity contribution in [2.75, 3.05) is 20.1 Å². The number of nitrogens with zero attached hydrogens (tertiary/aromatic N) is 1. The lowest BCUT2D eigenvalue weighted by Gasteiger charge is -2.20. The van der Waals surface area contributed by atoms with Crippen molar-refractivity contribution in [2.24, 2.45) is 0 Å². The van der Waals surface area contributed by atoms with E-state index in [-0.39, 0.29) is 11.9 Å². The Morgan fingerprint density at radius 1 is 1.37 bits per heavy atom. The van der Waals surface area contributed by atoms with Crippen molar-refractivity contribution in [3.63, 3.8) is 0 Å². The van der Waals surface area contributed by atoms with Crippen LogP contribution in [0.5, 0.6) is 0 Å². The zero-order valence-corrected chi connectivity index (χ0v) is 11.7. The van der Waals surface area contributed by atoms with Crippen molar-refractivity contribution in [2.45, 2.75) is 32.0 Å². The van der Waals surface area contributed by atoms with Crippen LogP contribution in [0.25, 0.3) is 0 Å². The molecule has 0 saturated carbocycles. The predicted molar refractivity (Wildman–Crippen MR) is 76.8 cm³/mol. The van der Waals surface area contributed by atoms with E-state index < -0.39 is 0 Å². The molecule has 4 heteroatoms. The largest absolute Gasteiger partial charge is 0.351 e. The second-order valence-electron chi connectivity index (χ2n) is 5.29. The van der Waals surface area contributed by atoms with E-state index in [4.69, 9.17) is 0 Å². The molecule has 0 aliphatic carbocycles. The average Bonchev–Trinajstić information content (AvgIpc) is 2.71. The summed E-state index contributed by atoms with van der Waals surface area (Å²) in [5.41, 5.74) is 1.33. The zero-order valence-electron chi connectivity index (χ0n) is 11.7. The van der Waals surface area contributed by atoms with Crippen molar-refractivity contribution in [3.05, 3.63) is 35.9 Å². The van der Waals surface area contributed by atoms with Gasteiger partial charge in [-0.15, -0.1) is 0 Å². The van der Waals surface area contributed by atoms with Crippen LogP contribution in [0.1, 0.15) is 18.9 Å². The van der Waals surface area contributed by atoms with E-state index in [1.807, 2.05) is 6.07 Å².